The summed E-state index contributed by atoms with van der Waals surface area (Å²) >= 11 is 0. The van der Waals surface area contributed by atoms with Gasteiger partial charge in [-0.05, 0) is 38.1 Å². The lowest BCUT2D eigenvalue weighted by Crippen LogP contribution is -2.47. The van der Waals surface area contributed by atoms with E-state index in [0.29, 0.717) is 30.6 Å². The summed E-state index contributed by atoms with van der Waals surface area (Å²) in [6, 6.07) is 14.7. The van der Waals surface area contributed by atoms with Crippen molar-refractivity contribution in [1.82, 2.24) is 15.1 Å². The number of rotatable bonds is 4. The van der Waals surface area contributed by atoms with Gasteiger partial charge < -0.3 is 9.32 Å². The van der Waals surface area contributed by atoms with E-state index in [0.717, 1.165) is 18.7 Å². The predicted molar refractivity (Wildman–Crippen MR) is 108 cm³/mol. The zero-order valence-electron chi connectivity index (χ0n) is 16.5. The molecule has 0 N–H and O–H groups in total. The lowest BCUT2D eigenvalue weighted by Gasteiger charge is -2.38. The van der Waals surface area contributed by atoms with E-state index in [4.69, 9.17) is 4.42 Å². The second-order valence-corrected chi connectivity index (χ2v) is 7.26. The number of nitrogens with zero attached hydrogens (tertiary/aromatic N) is 5. The number of aromatic nitrogens is 2. The fourth-order valence-electron chi connectivity index (χ4n) is 3.61. The zero-order valence-corrected chi connectivity index (χ0v) is 16.5. The van der Waals surface area contributed by atoms with Crippen molar-refractivity contribution in [2.24, 2.45) is 0 Å². The number of aryl methyl sites for hydroxylation is 1. The highest BCUT2D eigenvalue weighted by molar-refractivity contribution is 5.60. The Morgan fingerprint density at radius 3 is 2.48 bits per heavy atom. The maximum Gasteiger partial charge on any atom is 0.247 e. The summed E-state index contributed by atoms with van der Waals surface area (Å²) in [5, 5.41) is 17.7. The molecule has 1 unspecified atom stereocenters. The Labute approximate surface area is 169 Å². The summed E-state index contributed by atoms with van der Waals surface area (Å²) in [7, 11) is 0. The maximum atomic E-state index is 13.9. The van der Waals surface area contributed by atoms with E-state index < -0.39 is 5.82 Å². The Kier molecular flexibility index (Phi) is 5.28. The summed E-state index contributed by atoms with van der Waals surface area (Å²) in [6.45, 7) is 6.98. The summed E-state index contributed by atoms with van der Waals surface area (Å²) in [4.78, 5) is 4.31. The highest BCUT2D eigenvalue weighted by atomic mass is 19.1. The van der Waals surface area contributed by atoms with Crippen molar-refractivity contribution in [3.05, 3.63) is 65.3 Å². The largest absolute Gasteiger partial charge is 0.419 e. The molecule has 0 aliphatic carbocycles. The van der Waals surface area contributed by atoms with E-state index in [1.54, 1.807) is 12.1 Å². The van der Waals surface area contributed by atoms with Gasteiger partial charge in [0.2, 0.25) is 11.8 Å². The van der Waals surface area contributed by atoms with Crippen LogP contribution in [0.15, 0.2) is 46.9 Å². The van der Waals surface area contributed by atoms with Gasteiger partial charge in [-0.3, -0.25) is 4.90 Å². The van der Waals surface area contributed by atoms with Crippen LogP contribution in [0.5, 0.6) is 0 Å². The summed E-state index contributed by atoms with van der Waals surface area (Å²) < 4.78 is 19.8. The van der Waals surface area contributed by atoms with E-state index >= 15 is 0 Å². The third-order valence-corrected chi connectivity index (χ3v) is 5.40. The van der Waals surface area contributed by atoms with E-state index in [1.165, 1.54) is 11.6 Å². The minimum absolute atomic E-state index is 0.0215. The first-order valence-corrected chi connectivity index (χ1v) is 9.65. The lowest BCUT2D eigenvalue weighted by atomic mass is 10.1. The molecule has 29 heavy (non-hydrogen) atoms. The number of hydrogen-bond donors (Lipinski definition) is 0. The van der Waals surface area contributed by atoms with Gasteiger partial charge in [-0.25, -0.2) is 4.39 Å². The van der Waals surface area contributed by atoms with Crippen molar-refractivity contribution < 1.29 is 8.81 Å². The third-order valence-electron chi connectivity index (χ3n) is 5.40. The molecule has 148 valence electrons. The van der Waals surface area contributed by atoms with Gasteiger partial charge in [0.15, 0.2) is 0 Å². The van der Waals surface area contributed by atoms with Crippen molar-refractivity contribution in [3.63, 3.8) is 0 Å². The molecule has 0 spiro atoms. The van der Waals surface area contributed by atoms with Crippen LogP contribution in [0.3, 0.4) is 0 Å². The Balaban J connectivity index is 1.43. The second-order valence-electron chi connectivity index (χ2n) is 7.26. The minimum atomic E-state index is -0.477. The normalized spacial score (nSPS) is 15.9. The Morgan fingerprint density at radius 1 is 1.07 bits per heavy atom. The average Bonchev–Trinajstić information content (AvgIpc) is 3.24. The zero-order chi connectivity index (χ0) is 20.4. The summed E-state index contributed by atoms with van der Waals surface area (Å²) in [6.07, 6.45) is 0. The molecular formula is C22H22FN5O. The summed E-state index contributed by atoms with van der Waals surface area (Å²) in [5.74, 6) is 0.622. The van der Waals surface area contributed by atoms with Crippen LogP contribution < -0.4 is 4.90 Å². The molecular weight excluding hydrogens is 369 g/mol. The minimum Gasteiger partial charge on any atom is -0.419 e. The van der Waals surface area contributed by atoms with E-state index in [9.17, 15) is 9.65 Å². The van der Waals surface area contributed by atoms with Crippen molar-refractivity contribution in [3.8, 4) is 17.5 Å². The molecule has 2 heterocycles. The molecule has 6 nitrogen and oxygen atoms in total. The molecule has 1 aliphatic rings. The van der Waals surface area contributed by atoms with Crippen LogP contribution in [0.1, 0.15) is 30.0 Å². The van der Waals surface area contributed by atoms with Crippen molar-refractivity contribution in [2.75, 3.05) is 31.1 Å². The molecule has 0 amide bonds. The van der Waals surface area contributed by atoms with Gasteiger partial charge in [0.05, 0.1) is 11.7 Å². The molecule has 1 aliphatic heterocycles. The number of benzene rings is 2. The Bertz CT molecular complexity index is 1030. The molecule has 1 fully saturated rings. The van der Waals surface area contributed by atoms with Crippen molar-refractivity contribution >= 4 is 5.69 Å². The van der Waals surface area contributed by atoms with E-state index in [1.807, 2.05) is 44.2 Å². The standard InChI is InChI=1S/C22H22FN5O/c1-15-6-8-17(9-7-15)22-26-25-21(29-22)16(2)27-10-12-28(13-11-27)20-5-3-4-19(23)18(20)14-24/h3-9,16H,10-13H2,1-2H3. The van der Waals surface area contributed by atoms with Crippen LogP contribution in [0, 0.1) is 24.1 Å². The number of halogens is 1. The maximum absolute atomic E-state index is 13.9. The van der Waals surface area contributed by atoms with Crippen LogP contribution in [0.2, 0.25) is 0 Å². The number of nitriles is 1. The van der Waals surface area contributed by atoms with Gasteiger partial charge in [-0.2, -0.15) is 5.26 Å². The fourth-order valence-corrected chi connectivity index (χ4v) is 3.61. The van der Waals surface area contributed by atoms with Crippen LogP contribution in [0.25, 0.3) is 11.5 Å². The number of anilines is 1. The Hall–Kier alpha value is -3.24. The average molecular weight is 391 g/mol. The van der Waals surface area contributed by atoms with Crippen LogP contribution >= 0.6 is 0 Å². The quantitative estimate of drug-likeness (QED) is 0.671. The molecule has 1 atom stereocenters. The van der Waals surface area contributed by atoms with Gasteiger partial charge >= 0.3 is 0 Å². The molecule has 1 aromatic heterocycles. The highest BCUT2D eigenvalue weighted by Gasteiger charge is 2.27. The molecule has 4 rings (SSSR count). The Morgan fingerprint density at radius 2 is 1.79 bits per heavy atom. The molecule has 0 radical (unpaired) electrons. The molecule has 0 saturated carbocycles. The molecule has 0 bridgehead atoms. The third kappa shape index (κ3) is 3.84. The lowest BCUT2D eigenvalue weighted by molar-refractivity contribution is 0.173. The van der Waals surface area contributed by atoms with E-state index in [-0.39, 0.29) is 11.6 Å². The SMILES string of the molecule is Cc1ccc(-c2nnc(C(C)N3CCN(c4cccc(F)c4C#N)CC3)o2)cc1. The van der Waals surface area contributed by atoms with Gasteiger partial charge in [0.25, 0.3) is 0 Å². The van der Waals surface area contributed by atoms with Crippen molar-refractivity contribution in [1.29, 1.82) is 5.26 Å². The predicted octanol–water partition coefficient (Wildman–Crippen LogP) is 3.94. The first-order valence-electron chi connectivity index (χ1n) is 9.65. The smallest absolute Gasteiger partial charge is 0.247 e. The molecule has 2 aromatic carbocycles. The summed E-state index contributed by atoms with van der Waals surface area (Å²) in [5.41, 5.74) is 2.84. The topological polar surface area (TPSA) is 69.2 Å². The van der Waals surface area contributed by atoms with Crippen molar-refractivity contribution in [2.45, 2.75) is 19.9 Å². The van der Waals surface area contributed by atoms with Gasteiger partial charge in [-0.15, -0.1) is 10.2 Å². The molecule has 3 aromatic rings. The first kappa shape index (κ1) is 19.1. The number of piperazine rings is 1. The fraction of sp³-hybridized carbons (Fsp3) is 0.318. The van der Waals surface area contributed by atoms with Crippen LogP contribution in [-0.4, -0.2) is 41.3 Å². The van der Waals surface area contributed by atoms with E-state index in [2.05, 4.69) is 20.0 Å². The van der Waals surface area contributed by atoms with Gasteiger partial charge in [0.1, 0.15) is 17.4 Å². The van der Waals surface area contributed by atoms with Crippen LogP contribution in [-0.2, 0) is 0 Å². The van der Waals surface area contributed by atoms with Crippen LogP contribution in [0.4, 0.5) is 10.1 Å². The van der Waals surface area contributed by atoms with Gasteiger partial charge in [-0.1, -0.05) is 23.8 Å². The second kappa shape index (κ2) is 8.02. The van der Waals surface area contributed by atoms with Gasteiger partial charge in [0, 0.05) is 31.7 Å². The molecule has 7 heteroatoms. The monoisotopic (exact) mass is 391 g/mol. The molecule has 1 saturated heterocycles. The highest BCUT2D eigenvalue weighted by Crippen LogP contribution is 2.28. The first-order chi connectivity index (χ1) is 14.1. The number of hydrogen-bond acceptors (Lipinski definition) is 6.